The van der Waals surface area contributed by atoms with Crippen molar-refractivity contribution in [3.63, 3.8) is 0 Å². The van der Waals surface area contributed by atoms with Crippen LogP contribution in [0.25, 0.3) is 10.8 Å². The highest BCUT2D eigenvalue weighted by Crippen LogP contribution is 2.20. The first kappa shape index (κ1) is 10.8. The average Bonchev–Trinajstić information content (AvgIpc) is 2.31. The third-order valence-corrected chi connectivity index (χ3v) is 2.83. The van der Waals surface area contributed by atoms with Gasteiger partial charge < -0.3 is 10.1 Å². The van der Waals surface area contributed by atoms with Crippen LogP contribution in [0.5, 0.6) is 0 Å². The van der Waals surface area contributed by atoms with Gasteiger partial charge in [0.05, 0.1) is 6.04 Å². The molecule has 0 saturated heterocycles. The molecule has 0 radical (unpaired) electrons. The van der Waals surface area contributed by atoms with Gasteiger partial charge in [-0.05, 0) is 36.4 Å². The summed E-state index contributed by atoms with van der Waals surface area (Å²) in [6.45, 7) is 2.08. The van der Waals surface area contributed by atoms with Gasteiger partial charge in [0.1, 0.15) is 6.29 Å². The van der Waals surface area contributed by atoms with E-state index in [-0.39, 0.29) is 6.04 Å². The molecule has 0 aliphatic heterocycles. The number of nitrogens with one attached hydrogen (secondary N) is 1. The van der Waals surface area contributed by atoms with Gasteiger partial charge in [0.25, 0.3) is 0 Å². The fourth-order valence-electron chi connectivity index (χ4n) is 1.89. The summed E-state index contributed by atoms with van der Waals surface area (Å²) in [5.74, 6) is 0. The lowest BCUT2D eigenvalue weighted by atomic mass is 10.0. The number of fused-ring (bicyclic) bond motifs is 1. The van der Waals surface area contributed by atoms with E-state index in [1.807, 2.05) is 6.07 Å². The summed E-state index contributed by atoms with van der Waals surface area (Å²) >= 11 is 0. The number of hydrogen-bond donors (Lipinski definition) is 1. The average molecular weight is 213 g/mol. The minimum absolute atomic E-state index is 0.217. The third kappa shape index (κ3) is 1.97. The van der Waals surface area contributed by atoms with Gasteiger partial charge in [0, 0.05) is 0 Å². The van der Waals surface area contributed by atoms with Crippen LogP contribution >= 0.6 is 0 Å². The van der Waals surface area contributed by atoms with Crippen LogP contribution in [0, 0.1) is 6.92 Å². The highest BCUT2D eigenvalue weighted by atomic mass is 16.1. The van der Waals surface area contributed by atoms with Crippen molar-refractivity contribution in [1.29, 1.82) is 0 Å². The molecule has 2 heteroatoms. The molecule has 1 unspecified atom stereocenters. The van der Waals surface area contributed by atoms with Crippen LogP contribution in [0.1, 0.15) is 17.2 Å². The molecule has 0 aliphatic carbocycles. The Hall–Kier alpha value is -1.67. The quantitative estimate of drug-likeness (QED) is 0.794. The monoisotopic (exact) mass is 213 g/mol. The van der Waals surface area contributed by atoms with Gasteiger partial charge in [-0.3, -0.25) is 0 Å². The second-order valence-electron chi connectivity index (χ2n) is 4.01. The van der Waals surface area contributed by atoms with Crippen molar-refractivity contribution in [3.8, 4) is 0 Å². The highest BCUT2D eigenvalue weighted by Gasteiger charge is 2.07. The van der Waals surface area contributed by atoms with Gasteiger partial charge in [-0.25, -0.2) is 0 Å². The molecule has 1 atom stereocenters. The Morgan fingerprint density at radius 1 is 1.12 bits per heavy atom. The summed E-state index contributed by atoms with van der Waals surface area (Å²) in [5.41, 5.74) is 2.26. The first-order valence-electron chi connectivity index (χ1n) is 5.37. The first-order chi connectivity index (χ1) is 7.74. The normalized spacial score (nSPS) is 12.6. The third-order valence-electron chi connectivity index (χ3n) is 2.83. The summed E-state index contributed by atoms with van der Waals surface area (Å²) in [7, 11) is 1.79. The van der Waals surface area contributed by atoms with Crippen LogP contribution in [0.15, 0.2) is 36.4 Å². The van der Waals surface area contributed by atoms with Crippen molar-refractivity contribution >= 4 is 17.1 Å². The maximum absolute atomic E-state index is 10.9. The number of benzene rings is 2. The molecule has 2 nitrogen and oxygen atoms in total. The molecule has 0 spiro atoms. The van der Waals surface area contributed by atoms with Gasteiger partial charge in [0.15, 0.2) is 0 Å². The molecule has 2 aromatic rings. The van der Waals surface area contributed by atoms with E-state index in [4.69, 9.17) is 0 Å². The molecule has 0 heterocycles. The Morgan fingerprint density at radius 3 is 2.50 bits per heavy atom. The zero-order valence-corrected chi connectivity index (χ0v) is 9.53. The SMILES string of the molecule is CNC(C=O)c1ccc2cc(C)ccc2c1. The lowest BCUT2D eigenvalue weighted by Gasteiger charge is -2.10. The van der Waals surface area contributed by atoms with Crippen molar-refractivity contribution in [2.45, 2.75) is 13.0 Å². The number of carbonyl (C=O) groups excluding carboxylic acids is 1. The van der Waals surface area contributed by atoms with E-state index in [0.29, 0.717) is 0 Å². The van der Waals surface area contributed by atoms with Gasteiger partial charge in [0.2, 0.25) is 0 Å². The number of carbonyl (C=O) groups is 1. The molecule has 82 valence electrons. The summed E-state index contributed by atoms with van der Waals surface area (Å²) in [6, 6.07) is 12.2. The van der Waals surface area contributed by atoms with Crippen molar-refractivity contribution < 1.29 is 4.79 Å². The second kappa shape index (κ2) is 4.45. The van der Waals surface area contributed by atoms with Crippen LogP contribution < -0.4 is 5.32 Å². The van der Waals surface area contributed by atoms with Gasteiger partial charge in [-0.1, -0.05) is 35.9 Å². The Bertz CT molecular complexity index is 519. The Balaban J connectivity index is 2.51. The number of hydrogen-bond acceptors (Lipinski definition) is 2. The minimum atomic E-state index is -0.217. The van der Waals surface area contributed by atoms with Crippen LogP contribution in [0.4, 0.5) is 0 Å². The van der Waals surface area contributed by atoms with E-state index in [9.17, 15) is 4.79 Å². The molecule has 1 N–H and O–H groups in total. The Kier molecular flexibility index (Phi) is 3.02. The largest absolute Gasteiger partial charge is 0.307 e. The van der Waals surface area contributed by atoms with E-state index in [1.165, 1.54) is 16.3 Å². The zero-order valence-electron chi connectivity index (χ0n) is 9.53. The zero-order chi connectivity index (χ0) is 11.5. The number of aryl methyl sites for hydroxylation is 1. The predicted octanol–water partition coefficient (Wildman–Crippen LogP) is 2.61. The minimum Gasteiger partial charge on any atom is -0.307 e. The van der Waals surface area contributed by atoms with Crippen LogP contribution in [-0.4, -0.2) is 13.3 Å². The molecule has 0 amide bonds. The van der Waals surface area contributed by atoms with E-state index < -0.39 is 0 Å². The molecule has 0 bridgehead atoms. The predicted molar refractivity (Wildman–Crippen MR) is 66.5 cm³/mol. The van der Waals surface area contributed by atoms with Crippen molar-refractivity contribution in [3.05, 3.63) is 47.5 Å². The summed E-state index contributed by atoms with van der Waals surface area (Å²) in [6.07, 6.45) is 0.926. The van der Waals surface area contributed by atoms with Gasteiger partial charge in [-0.15, -0.1) is 0 Å². The number of aldehydes is 1. The standard InChI is InChI=1S/C14H15NO/c1-10-3-4-12-8-13(14(9-16)15-2)6-5-11(12)7-10/h3-9,14-15H,1-2H3. The fraction of sp³-hybridized carbons (Fsp3) is 0.214. The van der Waals surface area contributed by atoms with Crippen molar-refractivity contribution in [2.75, 3.05) is 7.05 Å². The number of rotatable bonds is 3. The van der Waals surface area contributed by atoms with Gasteiger partial charge >= 0.3 is 0 Å². The Labute approximate surface area is 95.3 Å². The molecule has 0 aliphatic rings. The lowest BCUT2D eigenvalue weighted by Crippen LogP contribution is -2.17. The molecule has 2 rings (SSSR count). The second-order valence-corrected chi connectivity index (χ2v) is 4.01. The van der Waals surface area contributed by atoms with Crippen molar-refractivity contribution in [1.82, 2.24) is 5.32 Å². The molecular formula is C14H15NO. The summed E-state index contributed by atoms with van der Waals surface area (Å²) in [4.78, 5) is 10.9. The smallest absolute Gasteiger partial charge is 0.141 e. The lowest BCUT2D eigenvalue weighted by molar-refractivity contribution is -0.109. The van der Waals surface area contributed by atoms with E-state index >= 15 is 0 Å². The molecule has 0 aromatic heterocycles. The molecule has 2 aromatic carbocycles. The van der Waals surface area contributed by atoms with Crippen LogP contribution in [-0.2, 0) is 4.79 Å². The van der Waals surface area contributed by atoms with E-state index in [1.54, 1.807) is 7.05 Å². The molecule has 0 saturated carbocycles. The van der Waals surface area contributed by atoms with E-state index in [0.717, 1.165) is 11.8 Å². The first-order valence-corrected chi connectivity index (χ1v) is 5.37. The maximum Gasteiger partial charge on any atom is 0.141 e. The van der Waals surface area contributed by atoms with Crippen LogP contribution in [0.3, 0.4) is 0 Å². The van der Waals surface area contributed by atoms with Crippen molar-refractivity contribution in [2.24, 2.45) is 0 Å². The maximum atomic E-state index is 10.9. The molecule has 16 heavy (non-hydrogen) atoms. The number of likely N-dealkylation sites (N-methyl/N-ethyl adjacent to an activating group) is 1. The Morgan fingerprint density at radius 2 is 1.81 bits per heavy atom. The molecule has 0 fully saturated rings. The topological polar surface area (TPSA) is 29.1 Å². The summed E-state index contributed by atoms with van der Waals surface area (Å²) < 4.78 is 0. The summed E-state index contributed by atoms with van der Waals surface area (Å²) in [5, 5.41) is 5.36. The van der Waals surface area contributed by atoms with Gasteiger partial charge in [-0.2, -0.15) is 0 Å². The highest BCUT2D eigenvalue weighted by molar-refractivity contribution is 5.84. The fourth-order valence-corrected chi connectivity index (χ4v) is 1.89. The molecular weight excluding hydrogens is 198 g/mol. The van der Waals surface area contributed by atoms with E-state index in [2.05, 4.69) is 42.6 Å². The van der Waals surface area contributed by atoms with Crippen LogP contribution in [0.2, 0.25) is 0 Å².